The standard InChI is InChI=1S/C22H21F3N4O3S/c1-32-18-7-5-16(6-8-18)20-9-10-21(27-26-20)28-11-13-29(14-12-28)33(30,31)19-4-2-3-17(15-19)22(23,24)25/h2-10,15H,11-14H2,1H3. The number of hydrogen-bond donors (Lipinski definition) is 0. The molecule has 1 saturated heterocycles. The second-order valence-electron chi connectivity index (χ2n) is 7.42. The molecule has 33 heavy (non-hydrogen) atoms. The summed E-state index contributed by atoms with van der Waals surface area (Å²) in [5.41, 5.74) is 0.577. The van der Waals surface area contributed by atoms with E-state index in [1.165, 1.54) is 10.4 Å². The smallest absolute Gasteiger partial charge is 0.416 e. The van der Waals surface area contributed by atoms with E-state index in [0.29, 0.717) is 30.7 Å². The van der Waals surface area contributed by atoms with Crippen molar-refractivity contribution < 1.29 is 26.3 Å². The number of halogens is 3. The molecule has 0 atom stereocenters. The molecule has 2 heterocycles. The lowest BCUT2D eigenvalue weighted by Gasteiger charge is -2.34. The topological polar surface area (TPSA) is 75.6 Å². The minimum atomic E-state index is -4.61. The number of hydrogen-bond acceptors (Lipinski definition) is 6. The van der Waals surface area contributed by atoms with Crippen LogP contribution in [0.3, 0.4) is 0 Å². The summed E-state index contributed by atoms with van der Waals surface area (Å²) >= 11 is 0. The number of nitrogens with zero attached hydrogens (tertiary/aromatic N) is 4. The van der Waals surface area contributed by atoms with Gasteiger partial charge in [-0.05, 0) is 54.6 Å². The first-order chi connectivity index (χ1) is 15.7. The molecule has 0 amide bonds. The molecule has 0 bridgehead atoms. The molecular weight excluding hydrogens is 457 g/mol. The monoisotopic (exact) mass is 478 g/mol. The molecule has 4 rings (SSSR count). The second-order valence-corrected chi connectivity index (χ2v) is 9.36. The molecule has 0 unspecified atom stereocenters. The summed E-state index contributed by atoms with van der Waals surface area (Å²) in [7, 11) is -2.45. The van der Waals surface area contributed by atoms with E-state index >= 15 is 0 Å². The summed E-state index contributed by atoms with van der Waals surface area (Å²) in [6.07, 6.45) is -4.61. The first kappa shape index (κ1) is 23.0. The number of ether oxygens (including phenoxy) is 1. The van der Waals surface area contributed by atoms with Crippen LogP contribution in [0.5, 0.6) is 5.75 Å². The van der Waals surface area contributed by atoms with Gasteiger partial charge in [0.1, 0.15) is 5.75 Å². The Kier molecular flexibility index (Phi) is 6.26. The first-order valence-corrected chi connectivity index (χ1v) is 11.5. The van der Waals surface area contributed by atoms with Crippen molar-refractivity contribution in [2.45, 2.75) is 11.1 Å². The maximum Gasteiger partial charge on any atom is 0.416 e. The fourth-order valence-electron chi connectivity index (χ4n) is 3.55. The Morgan fingerprint density at radius 3 is 2.18 bits per heavy atom. The van der Waals surface area contributed by atoms with Gasteiger partial charge >= 0.3 is 6.18 Å². The number of anilines is 1. The van der Waals surface area contributed by atoms with Crippen molar-refractivity contribution in [3.05, 3.63) is 66.2 Å². The van der Waals surface area contributed by atoms with Crippen molar-refractivity contribution in [3.8, 4) is 17.0 Å². The molecule has 3 aromatic rings. The van der Waals surface area contributed by atoms with Crippen molar-refractivity contribution >= 4 is 15.8 Å². The minimum absolute atomic E-state index is 0.125. The van der Waals surface area contributed by atoms with Gasteiger partial charge in [0, 0.05) is 31.7 Å². The molecule has 7 nitrogen and oxygen atoms in total. The van der Waals surface area contributed by atoms with Crippen LogP contribution in [0.25, 0.3) is 11.3 Å². The number of sulfonamides is 1. The number of alkyl halides is 3. The molecular formula is C22H21F3N4O3S. The zero-order valence-corrected chi connectivity index (χ0v) is 18.5. The third-order valence-corrected chi connectivity index (χ3v) is 7.29. The third-order valence-electron chi connectivity index (χ3n) is 5.40. The van der Waals surface area contributed by atoms with Gasteiger partial charge in [-0.25, -0.2) is 8.42 Å². The highest BCUT2D eigenvalue weighted by Crippen LogP contribution is 2.31. The van der Waals surface area contributed by atoms with Gasteiger partial charge in [-0.15, -0.1) is 10.2 Å². The van der Waals surface area contributed by atoms with E-state index in [1.807, 2.05) is 41.3 Å². The summed E-state index contributed by atoms with van der Waals surface area (Å²) in [5, 5.41) is 8.51. The van der Waals surface area contributed by atoms with Gasteiger partial charge in [-0.1, -0.05) is 6.07 Å². The van der Waals surface area contributed by atoms with Gasteiger partial charge in [-0.2, -0.15) is 17.5 Å². The van der Waals surface area contributed by atoms with Crippen LogP contribution in [-0.4, -0.2) is 56.2 Å². The molecule has 1 aliphatic rings. The largest absolute Gasteiger partial charge is 0.497 e. The van der Waals surface area contributed by atoms with E-state index in [4.69, 9.17) is 4.74 Å². The van der Waals surface area contributed by atoms with Crippen molar-refractivity contribution in [3.63, 3.8) is 0 Å². The number of benzene rings is 2. The molecule has 1 aromatic heterocycles. The highest BCUT2D eigenvalue weighted by Gasteiger charge is 2.34. The molecule has 11 heteroatoms. The Morgan fingerprint density at radius 1 is 0.909 bits per heavy atom. The molecule has 2 aromatic carbocycles. The maximum atomic E-state index is 13.0. The minimum Gasteiger partial charge on any atom is -0.497 e. The number of piperazine rings is 1. The van der Waals surface area contributed by atoms with Gasteiger partial charge < -0.3 is 9.64 Å². The predicted octanol–water partition coefficient (Wildman–Crippen LogP) is 3.68. The highest BCUT2D eigenvalue weighted by molar-refractivity contribution is 7.89. The Balaban J connectivity index is 1.43. The SMILES string of the molecule is COc1ccc(-c2ccc(N3CCN(S(=O)(=O)c4cccc(C(F)(F)F)c4)CC3)nn2)cc1. The lowest BCUT2D eigenvalue weighted by Crippen LogP contribution is -2.49. The van der Waals surface area contributed by atoms with Crippen LogP contribution in [0, 0.1) is 0 Å². The lowest BCUT2D eigenvalue weighted by atomic mass is 10.1. The summed E-state index contributed by atoms with van der Waals surface area (Å²) in [4.78, 5) is 1.53. The van der Waals surface area contributed by atoms with Crippen LogP contribution in [-0.2, 0) is 16.2 Å². The van der Waals surface area contributed by atoms with Crippen LogP contribution in [0.1, 0.15) is 5.56 Å². The fourth-order valence-corrected chi connectivity index (χ4v) is 5.02. The predicted molar refractivity (Wildman–Crippen MR) is 116 cm³/mol. The summed E-state index contributed by atoms with van der Waals surface area (Å²) in [5.74, 6) is 1.34. The summed E-state index contributed by atoms with van der Waals surface area (Å²) < 4.78 is 71.0. The normalized spacial score (nSPS) is 15.5. The Hall–Kier alpha value is -3.18. The Morgan fingerprint density at radius 2 is 1.61 bits per heavy atom. The summed E-state index contributed by atoms with van der Waals surface area (Å²) in [6.45, 7) is 0.935. The van der Waals surface area contributed by atoms with Crippen LogP contribution >= 0.6 is 0 Å². The molecule has 174 valence electrons. The molecule has 0 aliphatic carbocycles. The van der Waals surface area contributed by atoms with Crippen LogP contribution in [0.4, 0.5) is 19.0 Å². The fraction of sp³-hybridized carbons (Fsp3) is 0.273. The highest BCUT2D eigenvalue weighted by atomic mass is 32.2. The molecule has 0 N–H and O–H groups in total. The molecule has 1 fully saturated rings. The van der Waals surface area contributed by atoms with Gasteiger partial charge in [0.15, 0.2) is 5.82 Å². The number of methoxy groups -OCH3 is 1. The van der Waals surface area contributed by atoms with E-state index in [-0.39, 0.29) is 18.0 Å². The average Bonchev–Trinajstić information content (AvgIpc) is 2.84. The zero-order chi connectivity index (χ0) is 23.6. The lowest BCUT2D eigenvalue weighted by molar-refractivity contribution is -0.137. The van der Waals surface area contributed by atoms with Crippen LogP contribution < -0.4 is 9.64 Å². The van der Waals surface area contributed by atoms with Crippen LogP contribution in [0.15, 0.2) is 65.6 Å². The van der Waals surface area contributed by atoms with E-state index in [1.54, 1.807) is 7.11 Å². The van der Waals surface area contributed by atoms with Gasteiger partial charge in [0.25, 0.3) is 0 Å². The molecule has 0 spiro atoms. The van der Waals surface area contributed by atoms with Crippen molar-refractivity contribution in [2.24, 2.45) is 0 Å². The zero-order valence-electron chi connectivity index (χ0n) is 17.7. The molecule has 0 saturated carbocycles. The molecule has 1 aliphatic heterocycles. The Bertz CT molecular complexity index is 1210. The van der Waals surface area contributed by atoms with Crippen molar-refractivity contribution in [1.82, 2.24) is 14.5 Å². The van der Waals surface area contributed by atoms with Crippen LogP contribution in [0.2, 0.25) is 0 Å². The number of rotatable bonds is 5. The van der Waals surface area contributed by atoms with E-state index in [0.717, 1.165) is 23.4 Å². The van der Waals surface area contributed by atoms with Gasteiger partial charge in [0.2, 0.25) is 10.0 Å². The quantitative estimate of drug-likeness (QED) is 0.557. The van der Waals surface area contributed by atoms with E-state index in [9.17, 15) is 21.6 Å². The average molecular weight is 478 g/mol. The van der Waals surface area contributed by atoms with Gasteiger partial charge in [0.05, 0.1) is 23.3 Å². The number of aromatic nitrogens is 2. The second kappa shape index (κ2) is 8.99. The maximum absolute atomic E-state index is 13.0. The Labute approximate surface area is 189 Å². The third kappa shape index (κ3) is 4.93. The van der Waals surface area contributed by atoms with E-state index < -0.39 is 21.8 Å². The molecule has 0 radical (unpaired) electrons. The summed E-state index contributed by atoms with van der Waals surface area (Å²) in [6, 6.07) is 14.9. The van der Waals surface area contributed by atoms with Crippen molar-refractivity contribution in [1.29, 1.82) is 0 Å². The van der Waals surface area contributed by atoms with Gasteiger partial charge in [-0.3, -0.25) is 0 Å². The van der Waals surface area contributed by atoms with E-state index in [2.05, 4.69) is 10.2 Å². The van der Waals surface area contributed by atoms with Crippen molar-refractivity contribution in [2.75, 3.05) is 38.2 Å². The first-order valence-electron chi connectivity index (χ1n) is 10.1.